The quantitative estimate of drug-likeness (QED) is 0.776. The molecule has 0 saturated heterocycles. The topological polar surface area (TPSA) is 61.9 Å². The Balaban J connectivity index is 1.93. The minimum Gasteiger partial charge on any atom is -0.418 e. The summed E-state index contributed by atoms with van der Waals surface area (Å²) in [7, 11) is 0. The Labute approximate surface area is 120 Å². The van der Waals surface area contributed by atoms with E-state index < -0.39 is 0 Å². The zero-order valence-electron chi connectivity index (χ0n) is 10.8. The summed E-state index contributed by atoms with van der Waals surface area (Å²) in [6.45, 7) is 2.02. The SMILES string of the molecule is Cc1ccc(Nc2oc(-c3cccs3)nc2C#N)cc1. The average Bonchev–Trinajstić information content (AvgIpc) is 3.10. The van der Waals surface area contributed by atoms with Gasteiger partial charge in [0.1, 0.15) is 6.07 Å². The van der Waals surface area contributed by atoms with E-state index in [1.54, 1.807) is 0 Å². The first-order valence-electron chi connectivity index (χ1n) is 6.05. The zero-order valence-corrected chi connectivity index (χ0v) is 11.6. The largest absolute Gasteiger partial charge is 0.418 e. The maximum atomic E-state index is 9.14. The van der Waals surface area contributed by atoms with Gasteiger partial charge in [-0.05, 0) is 30.5 Å². The minimum atomic E-state index is 0.258. The Morgan fingerprint density at radius 1 is 1.25 bits per heavy atom. The molecule has 0 aliphatic carbocycles. The van der Waals surface area contributed by atoms with Crippen molar-refractivity contribution in [2.45, 2.75) is 6.92 Å². The van der Waals surface area contributed by atoms with E-state index in [4.69, 9.17) is 9.68 Å². The Morgan fingerprint density at radius 3 is 2.70 bits per heavy atom. The molecule has 2 aromatic heterocycles. The number of hydrogen-bond acceptors (Lipinski definition) is 5. The number of hydrogen-bond donors (Lipinski definition) is 1. The van der Waals surface area contributed by atoms with E-state index in [0.29, 0.717) is 11.8 Å². The van der Waals surface area contributed by atoms with Crippen LogP contribution in [0.15, 0.2) is 46.2 Å². The predicted octanol–water partition coefficient (Wildman–Crippen LogP) is 4.33. The van der Waals surface area contributed by atoms with Gasteiger partial charge in [-0.2, -0.15) is 10.2 Å². The van der Waals surface area contributed by atoms with Crippen molar-refractivity contribution in [2.75, 3.05) is 5.32 Å². The molecule has 2 heterocycles. The van der Waals surface area contributed by atoms with E-state index >= 15 is 0 Å². The normalized spacial score (nSPS) is 10.2. The van der Waals surface area contributed by atoms with Crippen LogP contribution in [-0.4, -0.2) is 4.98 Å². The number of benzene rings is 1. The van der Waals surface area contributed by atoms with Crippen molar-refractivity contribution in [3.63, 3.8) is 0 Å². The van der Waals surface area contributed by atoms with Gasteiger partial charge in [0.2, 0.25) is 17.5 Å². The number of anilines is 2. The Morgan fingerprint density at radius 2 is 2.05 bits per heavy atom. The maximum absolute atomic E-state index is 9.14. The minimum absolute atomic E-state index is 0.258. The molecule has 3 aromatic rings. The van der Waals surface area contributed by atoms with Crippen molar-refractivity contribution >= 4 is 22.9 Å². The van der Waals surface area contributed by atoms with Gasteiger partial charge < -0.3 is 9.73 Å². The molecule has 0 fully saturated rings. The molecule has 0 saturated carbocycles. The van der Waals surface area contributed by atoms with E-state index in [1.165, 1.54) is 16.9 Å². The lowest BCUT2D eigenvalue weighted by molar-refractivity contribution is 0.593. The molecule has 1 aromatic carbocycles. The second kappa shape index (κ2) is 5.19. The molecular weight excluding hydrogens is 270 g/mol. The van der Waals surface area contributed by atoms with Crippen molar-refractivity contribution in [1.29, 1.82) is 5.26 Å². The molecule has 0 amide bonds. The third kappa shape index (κ3) is 2.42. The van der Waals surface area contributed by atoms with Crippen LogP contribution in [0.2, 0.25) is 0 Å². The molecule has 3 rings (SSSR count). The van der Waals surface area contributed by atoms with Crippen LogP contribution in [-0.2, 0) is 0 Å². The number of nitriles is 1. The van der Waals surface area contributed by atoms with Crippen LogP contribution in [0.25, 0.3) is 10.8 Å². The molecule has 0 spiro atoms. The summed E-state index contributed by atoms with van der Waals surface area (Å²) < 4.78 is 5.65. The van der Waals surface area contributed by atoms with Crippen LogP contribution in [0, 0.1) is 18.3 Å². The van der Waals surface area contributed by atoms with Gasteiger partial charge >= 0.3 is 0 Å². The van der Waals surface area contributed by atoms with Crippen molar-refractivity contribution < 1.29 is 4.42 Å². The molecule has 0 aliphatic rings. The van der Waals surface area contributed by atoms with Crippen LogP contribution in [0.4, 0.5) is 11.6 Å². The molecule has 4 nitrogen and oxygen atoms in total. The standard InChI is InChI=1S/C15H11N3OS/c1-10-4-6-11(7-5-10)17-14-12(9-16)18-15(19-14)13-3-2-8-20-13/h2-8,17H,1H3. The lowest BCUT2D eigenvalue weighted by atomic mass is 10.2. The zero-order chi connectivity index (χ0) is 13.9. The van der Waals surface area contributed by atoms with Gasteiger partial charge in [0.25, 0.3) is 0 Å². The molecule has 98 valence electrons. The fraction of sp³-hybridized carbons (Fsp3) is 0.0667. The molecule has 5 heteroatoms. The van der Waals surface area contributed by atoms with Crippen LogP contribution in [0.5, 0.6) is 0 Å². The van der Waals surface area contributed by atoms with Gasteiger partial charge in [0.05, 0.1) is 4.88 Å². The number of oxazole rings is 1. The van der Waals surface area contributed by atoms with Crippen molar-refractivity contribution in [3.05, 3.63) is 53.0 Å². The van der Waals surface area contributed by atoms with Gasteiger partial charge in [-0.3, -0.25) is 0 Å². The van der Waals surface area contributed by atoms with E-state index in [2.05, 4.69) is 10.3 Å². The first kappa shape index (κ1) is 12.5. The molecule has 0 unspecified atom stereocenters. The van der Waals surface area contributed by atoms with Crippen molar-refractivity contribution in [3.8, 4) is 16.8 Å². The highest BCUT2D eigenvalue weighted by Crippen LogP contribution is 2.30. The van der Waals surface area contributed by atoms with Crippen LogP contribution in [0.1, 0.15) is 11.3 Å². The number of aromatic nitrogens is 1. The highest BCUT2D eigenvalue weighted by molar-refractivity contribution is 7.13. The first-order chi connectivity index (χ1) is 9.76. The number of nitrogens with zero attached hydrogens (tertiary/aromatic N) is 2. The lowest BCUT2D eigenvalue weighted by Crippen LogP contribution is -1.90. The molecule has 0 atom stereocenters. The summed E-state index contributed by atoms with van der Waals surface area (Å²) >= 11 is 1.52. The second-order valence-electron chi connectivity index (χ2n) is 4.28. The van der Waals surface area contributed by atoms with E-state index in [9.17, 15) is 0 Å². The smallest absolute Gasteiger partial charge is 0.240 e. The van der Waals surface area contributed by atoms with Crippen LogP contribution >= 0.6 is 11.3 Å². The fourth-order valence-corrected chi connectivity index (χ4v) is 2.40. The summed E-state index contributed by atoms with van der Waals surface area (Å²) in [5.74, 6) is 0.839. The molecule has 1 N–H and O–H groups in total. The molecule has 20 heavy (non-hydrogen) atoms. The molecule has 0 radical (unpaired) electrons. The highest BCUT2D eigenvalue weighted by Gasteiger charge is 2.15. The summed E-state index contributed by atoms with van der Waals surface area (Å²) in [5, 5.41) is 14.2. The summed E-state index contributed by atoms with van der Waals surface area (Å²) in [5.41, 5.74) is 2.29. The Kier molecular flexibility index (Phi) is 3.23. The van der Waals surface area contributed by atoms with Crippen LogP contribution < -0.4 is 5.32 Å². The third-order valence-electron chi connectivity index (χ3n) is 2.77. The second-order valence-corrected chi connectivity index (χ2v) is 5.22. The van der Waals surface area contributed by atoms with Crippen molar-refractivity contribution in [2.24, 2.45) is 0 Å². The predicted molar refractivity (Wildman–Crippen MR) is 79.0 cm³/mol. The number of thiophene rings is 1. The molecule has 0 bridgehead atoms. The summed E-state index contributed by atoms with van der Waals surface area (Å²) in [4.78, 5) is 5.11. The van der Waals surface area contributed by atoms with Gasteiger partial charge in [-0.25, -0.2) is 0 Å². The highest BCUT2D eigenvalue weighted by atomic mass is 32.1. The average molecular weight is 281 g/mol. The van der Waals surface area contributed by atoms with Gasteiger partial charge in [0, 0.05) is 5.69 Å². The van der Waals surface area contributed by atoms with Crippen molar-refractivity contribution in [1.82, 2.24) is 4.98 Å². The van der Waals surface area contributed by atoms with Gasteiger partial charge in [-0.15, -0.1) is 11.3 Å². The van der Waals surface area contributed by atoms with E-state index in [1.807, 2.05) is 54.8 Å². The first-order valence-corrected chi connectivity index (χ1v) is 6.93. The maximum Gasteiger partial charge on any atom is 0.240 e. The Bertz CT molecular complexity index is 752. The number of rotatable bonds is 3. The lowest BCUT2D eigenvalue weighted by Gasteiger charge is -2.02. The van der Waals surface area contributed by atoms with E-state index in [0.717, 1.165) is 10.6 Å². The third-order valence-corrected chi connectivity index (χ3v) is 3.63. The van der Waals surface area contributed by atoms with E-state index in [-0.39, 0.29) is 5.69 Å². The summed E-state index contributed by atoms with van der Waals surface area (Å²) in [6.07, 6.45) is 0. The Hall–Kier alpha value is -2.58. The summed E-state index contributed by atoms with van der Waals surface area (Å²) in [6, 6.07) is 13.7. The monoisotopic (exact) mass is 281 g/mol. The fourth-order valence-electron chi connectivity index (χ4n) is 1.75. The molecule has 0 aliphatic heterocycles. The molecular formula is C15H11N3OS. The van der Waals surface area contributed by atoms with Gasteiger partial charge in [-0.1, -0.05) is 23.8 Å². The van der Waals surface area contributed by atoms with Crippen LogP contribution in [0.3, 0.4) is 0 Å². The van der Waals surface area contributed by atoms with Gasteiger partial charge in [0.15, 0.2) is 0 Å². The number of aryl methyl sites for hydroxylation is 1. The number of nitrogens with one attached hydrogen (secondary N) is 1.